The van der Waals surface area contributed by atoms with Gasteiger partial charge < -0.3 is 9.80 Å². The Hall–Kier alpha value is -1.02. The second-order valence-electron chi connectivity index (χ2n) is 7.90. The van der Waals surface area contributed by atoms with E-state index in [0.29, 0.717) is 0 Å². The van der Waals surface area contributed by atoms with E-state index < -0.39 is 0 Å². The van der Waals surface area contributed by atoms with E-state index >= 15 is 0 Å². The van der Waals surface area contributed by atoms with E-state index in [2.05, 4.69) is 64.6 Å². The SMILES string of the molecule is C=C1C(=C)C(C(C)(C)C)=C1N(C)CCCCN(CCC)CCC. The molecule has 0 radical (unpaired) electrons. The van der Waals surface area contributed by atoms with Crippen molar-refractivity contribution in [2.75, 3.05) is 33.2 Å². The Morgan fingerprint density at radius 2 is 1.35 bits per heavy atom. The van der Waals surface area contributed by atoms with Gasteiger partial charge in [0.15, 0.2) is 0 Å². The first kappa shape index (κ1) is 20.0. The van der Waals surface area contributed by atoms with Crippen LogP contribution in [0.4, 0.5) is 0 Å². The molecule has 0 spiro atoms. The molecule has 0 aromatic heterocycles. The average Bonchev–Trinajstić information content (AvgIpc) is 2.46. The van der Waals surface area contributed by atoms with Gasteiger partial charge in [0.25, 0.3) is 0 Å². The van der Waals surface area contributed by atoms with Gasteiger partial charge >= 0.3 is 0 Å². The first-order chi connectivity index (χ1) is 10.7. The van der Waals surface area contributed by atoms with Crippen LogP contribution in [0.1, 0.15) is 60.3 Å². The molecule has 0 aromatic rings. The Labute approximate surface area is 144 Å². The Kier molecular flexibility index (Phi) is 7.60. The molecule has 1 rings (SSSR count). The molecule has 0 aliphatic heterocycles. The monoisotopic (exact) mass is 318 g/mol. The molecule has 132 valence electrons. The first-order valence-corrected chi connectivity index (χ1v) is 9.31. The van der Waals surface area contributed by atoms with E-state index in [4.69, 9.17) is 0 Å². The van der Waals surface area contributed by atoms with Gasteiger partial charge in [-0.3, -0.25) is 0 Å². The van der Waals surface area contributed by atoms with Crippen LogP contribution < -0.4 is 0 Å². The Balaban J connectivity index is 2.51. The average molecular weight is 319 g/mol. The molecule has 23 heavy (non-hydrogen) atoms. The van der Waals surface area contributed by atoms with E-state index in [9.17, 15) is 0 Å². The highest BCUT2D eigenvalue weighted by Crippen LogP contribution is 2.48. The van der Waals surface area contributed by atoms with Crippen molar-refractivity contribution in [1.29, 1.82) is 0 Å². The molecule has 0 amide bonds. The van der Waals surface area contributed by atoms with E-state index in [1.54, 1.807) is 0 Å². The zero-order valence-electron chi connectivity index (χ0n) is 16.5. The van der Waals surface area contributed by atoms with Gasteiger partial charge in [0, 0.05) is 19.3 Å². The third-order valence-corrected chi connectivity index (χ3v) is 4.62. The summed E-state index contributed by atoms with van der Waals surface area (Å²) in [7, 11) is 2.20. The lowest BCUT2D eigenvalue weighted by Crippen LogP contribution is -2.33. The third-order valence-electron chi connectivity index (χ3n) is 4.62. The highest BCUT2D eigenvalue weighted by molar-refractivity contribution is 5.68. The minimum atomic E-state index is 0.154. The van der Waals surface area contributed by atoms with Gasteiger partial charge in [-0.25, -0.2) is 0 Å². The minimum absolute atomic E-state index is 0.154. The normalized spacial score (nSPS) is 15.4. The maximum Gasteiger partial charge on any atom is 0.0481 e. The number of rotatable bonds is 10. The summed E-state index contributed by atoms with van der Waals surface area (Å²) in [5, 5.41) is 0. The van der Waals surface area contributed by atoms with Crippen molar-refractivity contribution in [3.63, 3.8) is 0 Å². The van der Waals surface area contributed by atoms with E-state index in [1.165, 1.54) is 56.6 Å². The smallest absolute Gasteiger partial charge is 0.0481 e. The van der Waals surface area contributed by atoms with Crippen LogP contribution in [-0.4, -0.2) is 43.0 Å². The summed E-state index contributed by atoms with van der Waals surface area (Å²) in [5.41, 5.74) is 5.17. The van der Waals surface area contributed by atoms with Crippen molar-refractivity contribution in [1.82, 2.24) is 9.80 Å². The van der Waals surface area contributed by atoms with Gasteiger partial charge in [-0.15, -0.1) is 0 Å². The van der Waals surface area contributed by atoms with Crippen LogP contribution in [0.15, 0.2) is 35.6 Å². The Morgan fingerprint density at radius 3 is 1.83 bits per heavy atom. The molecule has 0 saturated carbocycles. The first-order valence-electron chi connectivity index (χ1n) is 9.31. The summed E-state index contributed by atoms with van der Waals surface area (Å²) in [6, 6.07) is 0. The van der Waals surface area contributed by atoms with Gasteiger partial charge in [-0.1, -0.05) is 47.8 Å². The van der Waals surface area contributed by atoms with Crippen LogP contribution in [0, 0.1) is 5.41 Å². The summed E-state index contributed by atoms with van der Waals surface area (Å²) in [6.07, 6.45) is 5.02. The van der Waals surface area contributed by atoms with E-state index in [1.807, 2.05) is 0 Å². The van der Waals surface area contributed by atoms with Gasteiger partial charge in [-0.2, -0.15) is 0 Å². The summed E-state index contributed by atoms with van der Waals surface area (Å²) in [5.74, 6) is 0. The van der Waals surface area contributed by atoms with Gasteiger partial charge in [0.1, 0.15) is 0 Å². The van der Waals surface area contributed by atoms with Crippen LogP contribution >= 0.6 is 0 Å². The molecule has 2 heteroatoms. The van der Waals surface area contributed by atoms with Crippen molar-refractivity contribution in [3.05, 3.63) is 35.6 Å². The lowest BCUT2D eigenvalue weighted by molar-refractivity contribution is 0.262. The second kappa shape index (κ2) is 8.73. The fourth-order valence-corrected chi connectivity index (χ4v) is 3.52. The Morgan fingerprint density at radius 1 is 0.826 bits per heavy atom. The maximum atomic E-state index is 4.21. The standard InChI is InChI=1S/C21H38N2/c1-9-13-23(14-10-2)16-12-11-15-22(8)20-18(4)17(3)19(20)21(5,6)7/h3-4,9-16H2,1-2,5-8H3. The zero-order chi connectivity index (χ0) is 17.6. The van der Waals surface area contributed by atoms with Crippen LogP contribution in [0.3, 0.4) is 0 Å². The van der Waals surface area contributed by atoms with Crippen molar-refractivity contribution in [2.24, 2.45) is 5.41 Å². The number of allylic oxidation sites excluding steroid dienone is 2. The molecule has 0 atom stereocenters. The topological polar surface area (TPSA) is 6.48 Å². The third kappa shape index (κ3) is 5.24. The van der Waals surface area contributed by atoms with Crippen molar-refractivity contribution >= 4 is 0 Å². The van der Waals surface area contributed by atoms with Gasteiger partial charge in [-0.05, 0) is 67.5 Å². The van der Waals surface area contributed by atoms with Crippen LogP contribution in [-0.2, 0) is 0 Å². The molecule has 2 nitrogen and oxygen atoms in total. The lowest BCUT2D eigenvalue weighted by Gasteiger charge is -2.42. The molecule has 0 fully saturated rings. The molecule has 1 aliphatic rings. The molecule has 0 heterocycles. The molecule has 0 unspecified atom stereocenters. The summed E-state index contributed by atoms with van der Waals surface area (Å²) >= 11 is 0. The van der Waals surface area contributed by atoms with Gasteiger partial charge in [0.05, 0.1) is 0 Å². The molecule has 0 N–H and O–H groups in total. The fourth-order valence-electron chi connectivity index (χ4n) is 3.52. The number of hydrogen-bond donors (Lipinski definition) is 0. The van der Waals surface area contributed by atoms with Crippen molar-refractivity contribution in [3.8, 4) is 0 Å². The van der Waals surface area contributed by atoms with Crippen LogP contribution in [0.2, 0.25) is 0 Å². The zero-order valence-corrected chi connectivity index (χ0v) is 16.5. The molecule has 1 aliphatic carbocycles. The largest absolute Gasteiger partial charge is 0.374 e. The molecular weight excluding hydrogens is 280 g/mol. The summed E-state index contributed by atoms with van der Waals surface area (Å²) in [4.78, 5) is 4.99. The maximum absolute atomic E-state index is 4.21. The number of likely N-dealkylation sites (N-methyl/N-ethyl adjacent to an activating group) is 1. The molecule has 0 aromatic carbocycles. The lowest BCUT2D eigenvalue weighted by atomic mass is 9.70. The number of unbranched alkanes of at least 4 members (excludes halogenated alkanes) is 1. The molecule has 0 saturated heterocycles. The number of hydrogen-bond acceptors (Lipinski definition) is 2. The number of nitrogens with zero attached hydrogens (tertiary/aromatic N) is 2. The predicted octanol–water partition coefficient (Wildman–Crippen LogP) is 5.25. The molecular formula is C21H38N2. The highest BCUT2D eigenvalue weighted by atomic mass is 15.1. The predicted molar refractivity (Wildman–Crippen MR) is 104 cm³/mol. The fraction of sp³-hybridized carbons (Fsp3) is 0.714. The highest BCUT2D eigenvalue weighted by Gasteiger charge is 2.35. The van der Waals surface area contributed by atoms with E-state index in [-0.39, 0.29) is 5.41 Å². The van der Waals surface area contributed by atoms with Crippen molar-refractivity contribution in [2.45, 2.75) is 60.3 Å². The van der Waals surface area contributed by atoms with Crippen molar-refractivity contribution < 1.29 is 0 Å². The Bertz CT molecular complexity index is 445. The molecule has 0 bridgehead atoms. The summed E-state index contributed by atoms with van der Waals surface area (Å²) in [6.45, 7) is 24.5. The minimum Gasteiger partial charge on any atom is -0.374 e. The van der Waals surface area contributed by atoms with Crippen LogP contribution in [0.5, 0.6) is 0 Å². The quantitative estimate of drug-likeness (QED) is 0.508. The van der Waals surface area contributed by atoms with Gasteiger partial charge in [0.2, 0.25) is 0 Å². The van der Waals surface area contributed by atoms with Crippen LogP contribution in [0.25, 0.3) is 0 Å². The summed E-state index contributed by atoms with van der Waals surface area (Å²) < 4.78 is 0. The second-order valence-corrected chi connectivity index (χ2v) is 7.90. The van der Waals surface area contributed by atoms with E-state index in [0.717, 1.165) is 17.7 Å².